The Hall–Kier alpha value is -2.63. The second kappa shape index (κ2) is 58.9. The van der Waals surface area contributed by atoms with Gasteiger partial charge >= 0.3 is 17.9 Å². The molecule has 0 fully saturated rings. The molecule has 1 atom stereocenters. The van der Waals surface area contributed by atoms with Crippen molar-refractivity contribution in [2.24, 2.45) is 0 Å². The van der Waals surface area contributed by atoms with Crippen LogP contribution in [0.5, 0.6) is 0 Å². The first-order valence-electron chi connectivity index (χ1n) is 30.6. The lowest BCUT2D eigenvalue weighted by Crippen LogP contribution is -2.30. The van der Waals surface area contributed by atoms with E-state index in [4.69, 9.17) is 14.2 Å². The summed E-state index contributed by atoms with van der Waals surface area (Å²) in [5.74, 6) is -0.863. The summed E-state index contributed by atoms with van der Waals surface area (Å²) in [7, 11) is 0. The summed E-state index contributed by atoms with van der Waals surface area (Å²) in [6.45, 7) is 6.63. The molecule has 0 aliphatic carbocycles. The van der Waals surface area contributed by atoms with E-state index < -0.39 is 6.10 Å². The molecule has 0 bridgehead atoms. The van der Waals surface area contributed by atoms with Crippen molar-refractivity contribution in [2.75, 3.05) is 13.2 Å². The van der Waals surface area contributed by atoms with Crippen molar-refractivity contribution in [1.82, 2.24) is 0 Å². The number of hydrogen-bond donors (Lipinski definition) is 0. The first kappa shape index (κ1) is 67.4. The highest BCUT2D eigenvalue weighted by Crippen LogP contribution is 2.17. The minimum atomic E-state index is -0.775. The Morgan fingerprint density at radius 2 is 0.514 bits per heavy atom. The number of hydrogen-bond acceptors (Lipinski definition) is 6. The molecule has 0 N–H and O–H groups in total. The Labute approximate surface area is 435 Å². The lowest BCUT2D eigenvalue weighted by atomic mass is 10.0. The highest BCUT2D eigenvalue weighted by Gasteiger charge is 2.19. The molecule has 1 unspecified atom stereocenters. The zero-order valence-electron chi connectivity index (χ0n) is 46.8. The Balaban J connectivity index is 4.34. The van der Waals surface area contributed by atoms with Gasteiger partial charge in [0, 0.05) is 19.3 Å². The summed E-state index contributed by atoms with van der Waals surface area (Å²) < 4.78 is 16.9. The molecular weight excluding hydrogens is 865 g/mol. The average molecular weight is 982 g/mol. The Morgan fingerprint density at radius 3 is 0.814 bits per heavy atom. The normalized spacial score (nSPS) is 12.3. The molecular formula is C64H116O6. The van der Waals surface area contributed by atoms with Crippen LogP contribution in [0.2, 0.25) is 0 Å². The first-order valence-corrected chi connectivity index (χ1v) is 30.6. The van der Waals surface area contributed by atoms with Crippen molar-refractivity contribution >= 4 is 17.9 Å². The number of carbonyl (C=O) groups is 3. The van der Waals surface area contributed by atoms with E-state index in [1.807, 2.05) is 0 Å². The Bertz CT molecular complexity index is 1220. The van der Waals surface area contributed by atoms with E-state index in [2.05, 4.69) is 69.4 Å². The average Bonchev–Trinajstić information content (AvgIpc) is 3.36. The quantitative estimate of drug-likeness (QED) is 0.0261. The minimum absolute atomic E-state index is 0.0726. The summed E-state index contributed by atoms with van der Waals surface area (Å²) in [4.78, 5) is 38.2. The number of allylic oxidation sites excluding steroid dienone is 8. The second-order valence-corrected chi connectivity index (χ2v) is 20.6. The molecule has 0 rings (SSSR count). The summed E-state index contributed by atoms with van der Waals surface area (Å²) in [6.07, 6.45) is 72.4. The van der Waals surface area contributed by atoms with Gasteiger partial charge in [-0.05, 0) is 83.5 Å². The molecule has 408 valence electrons. The van der Waals surface area contributed by atoms with Gasteiger partial charge in [-0.2, -0.15) is 0 Å². The summed E-state index contributed by atoms with van der Waals surface area (Å²) in [5, 5.41) is 0. The van der Waals surface area contributed by atoms with E-state index in [0.717, 1.165) is 70.6 Å². The highest BCUT2D eigenvalue weighted by atomic mass is 16.6. The van der Waals surface area contributed by atoms with E-state index >= 15 is 0 Å². The van der Waals surface area contributed by atoms with E-state index in [0.29, 0.717) is 19.3 Å². The Kier molecular flexibility index (Phi) is 56.7. The van der Waals surface area contributed by atoms with Gasteiger partial charge in [0.2, 0.25) is 0 Å². The van der Waals surface area contributed by atoms with Gasteiger partial charge in [0.05, 0.1) is 0 Å². The molecule has 6 heteroatoms. The third kappa shape index (κ3) is 56.3. The standard InChI is InChI=1S/C64H116O6/c1-4-7-10-13-16-19-22-25-28-30-32-34-36-39-42-45-48-51-54-57-63(66)69-60-61(59-68-62(65)56-53-50-47-44-41-38-27-24-21-18-15-12-9-6-3)70-64(67)58-55-52-49-46-43-40-37-35-33-31-29-26-23-20-17-14-11-8-5-2/h16-17,19-20,25-26,28-29,61H,4-15,18,21-24,27,30-60H2,1-3H3/b19-16-,20-17-,28-25-,29-26-. The molecule has 0 aliphatic rings. The van der Waals surface area contributed by atoms with Gasteiger partial charge in [0.25, 0.3) is 0 Å². The zero-order chi connectivity index (χ0) is 50.7. The van der Waals surface area contributed by atoms with Crippen molar-refractivity contribution in [3.05, 3.63) is 48.6 Å². The largest absolute Gasteiger partial charge is 0.462 e. The van der Waals surface area contributed by atoms with E-state index in [1.54, 1.807) is 0 Å². The number of ether oxygens (including phenoxy) is 3. The van der Waals surface area contributed by atoms with Gasteiger partial charge in [0.1, 0.15) is 13.2 Å². The maximum Gasteiger partial charge on any atom is 0.306 e. The van der Waals surface area contributed by atoms with E-state index in [9.17, 15) is 14.4 Å². The molecule has 0 saturated heterocycles. The van der Waals surface area contributed by atoms with E-state index in [1.165, 1.54) is 212 Å². The van der Waals surface area contributed by atoms with Crippen LogP contribution in [0.1, 0.15) is 323 Å². The molecule has 0 aromatic heterocycles. The third-order valence-electron chi connectivity index (χ3n) is 13.6. The number of esters is 3. The van der Waals surface area contributed by atoms with Crippen LogP contribution < -0.4 is 0 Å². The fourth-order valence-electron chi connectivity index (χ4n) is 8.92. The molecule has 6 nitrogen and oxygen atoms in total. The molecule has 0 aromatic carbocycles. The fraction of sp³-hybridized carbons (Fsp3) is 0.828. The molecule has 0 spiro atoms. The van der Waals surface area contributed by atoms with Crippen molar-refractivity contribution < 1.29 is 28.6 Å². The molecule has 0 heterocycles. The zero-order valence-corrected chi connectivity index (χ0v) is 46.8. The van der Waals surface area contributed by atoms with Gasteiger partial charge in [0.15, 0.2) is 6.10 Å². The van der Waals surface area contributed by atoms with Crippen LogP contribution in [-0.4, -0.2) is 37.2 Å². The molecule has 0 radical (unpaired) electrons. The van der Waals surface area contributed by atoms with Crippen molar-refractivity contribution in [3.8, 4) is 0 Å². The minimum Gasteiger partial charge on any atom is -0.462 e. The van der Waals surface area contributed by atoms with Crippen LogP contribution in [0, 0.1) is 0 Å². The second-order valence-electron chi connectivity index (χ2n) is 20.6. The summed E-state index contributed by atoms with van der Waals surface area (Å²) in [5.41, 5.74) is 0. The molecule has 70 heavy (non-hydrogen) atoms. The molecule has 0 aliphatic heterocycles. The lowest BCUT2D eigenvalue weighted by molar-refractivity contribution is -0.167. The van der Waals surface area contributed by atoms with Crippen molar-refractivity contribution in [1.29, 1.82) is 0 Å². The predicted octanol–water partition coefficient (Wildman–Crippen LogP) is 20.6. The maximum absolute atomic E-state index is 12.9. The van der Waals surface area contributed by atoms with Crippen LogP contribution >= 0.6 is 0 Å². The topological polar surface area (TPSA) is 78.9 Å². The van der Waals surface area contributed by atoms with Gasteiger partial charge in [-0.1, -0.05) is 268 Å². The SMILES string of the molecule is CCCCC/C=C\C/C=C\CCCCCCCCCCCC(=O)OCC(COC(=O)CCCCCCCCCCCCCCCC)OC(=O)CCCCCCCCCCC/C=C\C/C=C\CCCCC. The number of rotatable bonds is 56. The van der Waals surface area contributed by atoms with Crippen molar-refractivity contribution in [2.45, 2.75) is 329 Å². The van der Waals surface area contributed by atoms with Crippen molar-refractivity contribution in [3.63, 3.8) is 0 Å². The monoisotopic (exact) mass is 981 g/mol. The van der Waals surface area contributed by atoms with Crippen LogP contribution in [-0.2, 0) is 28.6 Å². The van der Waals surface area contributed by atoms with E-state index in [-0.39, 0.29) is 31.1 Å². The number of unbranched alkanes of at least 4 members (excludes halogenated alkanes) is 37. The Morgan fingerprint density at radius 1 is 0.286 bits per heavy atom. The van der Waals surface area contributed by atoms with Gasteiger partial charge in [-0.3, -0.25) is 14.4 Å². The molecule has 0 aromatic rings. The van der Waals surface area contributed by atoms with Gasteiger partial charge in [-0.25, -0.2) is 0 Å². The van der Waals surface area contributed by atoms with Crippen LogP contribution in [0.25, 0.3) is 0 Å². The lowest BCUT2D eigenvalue weighted by Gasteiger charge is -2.18. The smallest absolute Gasteiger partial charge is 0.306 e. The van der Waals surface area contributed by atoms with Gasteiger partial charge in [-0.15, -0.1) is 0 Å². The van der Waals surface area contributed by atoms with Crippen LogP contribution in [0.3, 0.4) is 0 Å². The maximum atomic E-state index is 12.9. The van der Waals surface area contributed by atoms with Crippen LogP contribution in [0.4, 0.5) is 0 Å². The molecule has 0 amide bonds. The third-order valence-corrected chi connectivity index (χ3v) is 13.6. The summed E-state index contributed by atoms with van der Waals surface area (Å²) >= 11 is 0. The highest BCUT2D eigenvalue weighted by molar-refractivity contribution is 5.71. The number of carbonyl (C=O) groups excluding carboxylic acids is 3. The fourth-order valence-corrected chi connectivity index (χ4v) is 8.92. The predicted molar refractivity (Wildman–Crippen MR) is 302 cm³/mol. The summed E-state index contributed by atoms with van der Waals surface area (Å²) in [6, 6.07) is 0. The van der Waals surface area contributed by atoms with Gasteiger partial charge < -0.3 is 14.2 Å². The molecule has 0 saturated carbocycles. The first-order chi connectivity index (χ1) is 34.5. The van der Waals surface area contributed by atoms with Crippen LogP contribution in [0.15, 0.2) is 48.6 Å².